The second-order valence-electron chi connectivity index (χ2n) is 4.76. The van der Waals surface area contributed by atoms with Crippen LogP contribution in [-0.2, 0) is 9.47 Å². The summed E-state index contributed by atoms with van der Waals surface area (Å²) in [5, 5.41) is 0. The molecule has 0 amide bonds. The van der Waals surface area contributed by atoms with Gasteiger partial charge in [0.1, 0.15) is 0 Å². The molecule has 0 bridgehead atoms. The lowest BCUT2D eigenvalue weighted by Gasteiger charge is -2.30. The summed E-state index contributed by atoms with van der Waals surface area (Å²) in [6, 6.07) is 0. The number of hydrogen-bond donors (Lipinski definition) is 0. The molecule has 2 saturated carbocycles. The highest BCUT2D eigenvalue weighted by Gasteiger charge is 2.30. The van der Waals surface area contributed by atoms with Gasteiger partial charge in [0.2, 0.25) is 0 Å². The van der Waals surface area contributed by atoms with E-state index in [-0.39, 0.29) is 0 Å². The Kier molecular flexibility index (Phi) is 4.47. The minimum absolute atomic E-state index is 0.467. The van der Waals surface area contributed by atoms with Crippen LogP contribution >= 0.6 is 15.9 Å². The SMILES string of the molecule is COC1CCC(OC2CCCC2Br)CC1. The van der Waals surface area contributed by atoms with Gasteiger partial charge in [-0.25, -0.2) is 0 Å². The highest BCUT2D eigenvalue weighted by atomic mass is 79.9. The lowest BCUT2D eigenvalue weighted by molar-refractivity contribution is -0.0492. The fourth-order valence-corrected chi connectivity index (χ4v) is 3.40. The van der Waals surface area contributed by atoms with Crippen LogP contribution in [0.1, 0.15) is 44.9 Å². The molecule has 0 spiro atoms. The van der Waals surface area contributed by atoms with Crippen LogP contribution in [0.15, 0.2) is 0 Å². The van der Waals surface area contributed by atoms with Crippen molar-refractivity contribution in [2.45, 2.75) is 68.1 Å². The third-order valence-corrected chi connectivity index (χ3v) is 4.74. The molecule has 2 nitrogen and oxygen atoms in total. The summed E-state index contributed by atoms with van der Waals surface area (Å²) >= 11 is 3.71. The predicted octanol–water partition coefficient (Wildman–Crippen LogP) is 3.28. The van der Waals surface area contributed by atoms with Gasteiger partial charge in [0.05, 0.1) is 18.3 Å². The van der Waals surface area contributed by atoms with Crippen molar-refractivity contribution >= 4 is 15.9 Å². The second-order valence-corrected chi connectivity index (χ2v) is 5.93. The fourth-order valence-electron chi connectivity index (χ4n) is 2.69. The van der Waals surface area contributed by atoms with Crippen molar-refractivity contribution in [3.8, 4) is 0 Å². The maximum absolute atomic E-state index is 6.15. The summed E-state index contributed by atoms with van der Waals surface area (Å²) in [7, 11) is 1.82. The largest absolute Gasteiger partial charge is 0.381 e. The fraction of sp³-hybridized carbons (Fsp3) is 1.00. The van der Waals surface area contributed by atoms with Crippen molar-refractivity contribution in [3.63, 3.8) is 0 Å². The van der Waals surface area contributed by atoms with Gasteiger partial charge in [-0.05, 0) is 44.9 Å². The predicted molar refractivity (Wildman–Crippen MR) is 64.5 cm³/mol. The third-order valence-electron chi connectivity index (χ3n) is 3.69. The van der Waals surface area contributed by atoms with E-state index in [4.69, 9.17) is 9.47 Å². The van der Waals surface area contributed by atoms with Crippen LogP contribution in [-0.4, -0.2) is 30.2 Å². The van der Waals surface area contributed by atoms with E-state index in [1.54, 1.807) is 0 Å². The normalized spacial score (nSPS) is 42.0. The van der Waals surface area contributed by atoms with Crippen LogP contribution in [0, 0.1) is 0 Å². The summed E-state index contributed by atoms with van der Waals surface area (Å²) in [5.41, 5.74) is 0. The molecule has 2 rings (SSSR count). The lowest BCUT2D eigenvalue weighted by Crippen LogP contribution is -2.31. The molecule has 88 valence electrons. The number of hydrogen-bond acceptors (Lipinski definition) is 2. The van der Waals surface area contributed by atoms with Gasteiger partial charge < -0.3 is 9.47 Å². The quantitative estimate of drug-likeness (QED) is 0.737. The zero-order chi connectivity index (χ0) is 10.7. The first-order chi connectivity index (χ1) is 7.29. The molecule has 0 saturated heterocycles. The van der Waals surface area contributed by atoms with Gasteiger partial charge in [-0.15, -0.1) is 0 Å². The number of rotatable bonds is 3. The van der Waals surface area contributed by atoms with E-state index in [1.807, 2.05) is 7.11 Å². The maximum atomic E-state index is 6.15. The van der Waals surface area contributed by atoms with Crippen molar-refractivity contribution in [3.05, 3.63) is 0 Å². The Bertz CT molecular complexity index is 190. The minimum Gasteiger partial charge on any atom is -0.381 e. The summed E-state index contributed by atoms with van der Waals surface area (Å²) in [6.07, 6.45) is 9.94. The molecule has 0 radical (unpaired) electrons. The maximum Gasteiger partial charge on any atom is 0.0703 e. The molecule has 2 fully saturated rings. The van der Waals surface area contributed by atoms with Gasteiger partial charge in [-0.3, -0.25) is 0 Å². The molecule has 15 heavy (non-hydrogen) atoms. The molecule has 2 aliphatic rings. The summed E-state index contributed by atoms with van der Waals surface area (Å²) in [6.45, 7) is 0. The topological polar surface area (TPSA) is 18.5 Å². The first-order valence-corrected chi connectivity index (χ1v) is 7.03. The monoisotopic (exact) mass is 276 g/mol. The van der Waals surface area contributed by atoms with Gasteiger partial charge in [0.15, 0.2) is 0 Å². The van der Waals surface area contributed by atoms with Crippen LogP contribution in [0.2, 0.25) is 0 Å². The highest BCUT2D eigenvalue weighted by molar-refractivity contribution is 9.09. The molecular weight excluding hydrogens is 256 g/mol. The van der Waals surface area contributed by atoms with E-state index in [0.717, 1.165) is 0 Å². The van der Waals surface area contributed by atoms with Gasteiger partial charge >= 0.3 is 0 Å². The standard InChI is InChI=1S/C12H21BrO2/c1-14-9-5-7-10(8-6-9)15-12-4-2-3-11(12)13/h9-12H,2-8H2,1H3. The molecular formula is C12H21BrO2. The molecule has 2 unspecified atom stereocenters. The van der Waals surface area contributed by atoms with Gasteiger partial charge in [0, 0.05) is 11.9 Å². The molecule has 0 aromatic rings. The van der Waals surface area contributed by atoms with Gasteiger partial charge in [0.25, 0.3) is 0 Å². The van der Waals surface area contributed by atoms with E-state index >= 15 is 0 Å². The Morgan fingerprint density at radius 2 is 1.60 bits per heavy atom. The first-order valence-electron chi connectivity index (χ1n) is 6.12. The van der Waals surface area contributed by atoms with Crippen LogP contribution in [0.5, 0.6) is 0 Å². The molecule has 3 heteroatoms. The molecule has 0 aromatic heterocycles. The van der Waals surface area contributed by atoms with Crippen LogP contribution in [0.25, 0.3) is 0 Å². The number of ether oxygens (including phenoxy) is 2. The van der Waals surface area contributed by atoms with Crippen LogP contribution in [0.4, 0.5) is 0 Å². The second kappa shape index (κ2) is 5.65. The van der Waals surface area contributed by atoms with Gasteiger partial charge in [-0.1, -0.05) is 15.9 Å². The van der Waals surface area contributed by atoms with E-state index in [9.17, 15) is 0 Å². The Morgan fingerprint density at radius 1 is 0.933 bits per heavy atom. The first kappa shape index (κ1) is 11.9. The molecule has 0 N–H and O–H groups in total. The molecule has 0 aliphatic heterocycles. The number of alkyl halides is 1. The van der Waals surface area contributed by atoms with Crippen LogP contribution < -0.4 is 0 Å². The highest BCUT2D eigenvalue weighted by Crippen LogP contribution is 2.32. The smallest absolute Gasteiger partial charge is 0.0703 e. The third kappa shape index (κ3) is 3.18. The Hall–Kier alpha value is 0.400. The Morgan fingerprint density at radius 3 is 2.13 bits per heavy atom. The summed E-state index contributed by atoms with van der Waals surface area (Å²) in [5.74, 6) is 0. The molecule has 2 aliphatic carbocycles. The van der Waals surface area contributed by atoms with Gasteiger partial charge in [-0.2, -0.15) is 0 Å². The average Bonchev–Trinajstić information content (AvgIpc) is 2.66. The summed E-state index contributed by atoms with van der Waals surface area (Å²) < 4.78 is 11.5. The molecule has 0 heterocycles. The molecule has 2 atom stereocenters. The van der Waals surface area contributed by atoms with E-state index in [1.165, 1.54) is 44.9 Å². The van der Waals surface area contributed by atoms with Crippen molar-refractivity contribution < 1.29 is 9.47 Å². The lowest BCUT2D eigenvalue weighted by atomic mass is 9.95. The molecule has 0 aromatic carbocycles. The van der Waals surface area contributed by atoms with Crippen molar-refractivity contribution in [2.24, 2.45) is 0 Å². The average molecular weight is 277 g/mol. The van der Waals surface area contributed by atoms with E-state index in [0.29, 0.717) is 23.1 Å². The zero-order valence-electron chi connectivity index (χ0n) is 9.45. The Labute approximate surface area is 101 Å². The zero-order valence-corrected chi connectivity index (χ0v) is 11.0. The number of methoxy groups -OCH3 is 1. The van der Waals surface area contributed by atoms with E-state index < -0.39 is 0 Å². The minimum atomic E-state index is 0.467. The van der Waals surface area contributed by atoms with Crippen molar-refractivity contribution in [1.82, 2.24) is 0 Å². The van der Waals surface area contributed by atoms with Crippen molar-refractivity contribution in [1.29, 1.82) is 0 Å². The van der Waals surface area contributed by atoms with Crippen LogP contribution in [0.3, 0.4) is 0 Å². The van der Waals surface area contributed by atoms with Crippen molar-refractivity contribution in [2.75, 3.05) is 7.11 Å². The number of halogens is 1. The summed E-state index contributed by atoms with van der Waals surface area (Å²) in [4.78, 5) is 0.595. The van der Waals surface area contributed by atoms with E-state index in [2.05, 4.69) is 15.9 Å². The Balaban J connectivity index is 1.72.